The predicted octanol–water partition coefficient (Wildman–Crippen LogP) is 2.12. The van der Waals surface area contributed by atoms with E-state index in [1.807, 2.05) is 36.4 Å². The van der Waals surface area contributed by atoms with Gasteiger partial charge in [-0.3, -0.25) is 0 Å². The summed E-state index contributed by atoms with van der Waals surface area (Å²) in [5, 5.41) is 4.29. The molecule has 1 aliphatic rings. The summed E-state index contributed by atoms with van der Waals surface area (Å²) >= 11 is 0. The highest BCUT2D eigenvalue weighted by molar-refractivity contribution is 7.89. The summed E-state index contributed by atoms with van der Waals surface area (Å²) in [7, 11) is -1.58. The lowest BCUT2D eigenvalue weighted by Crippen LogP contribution is -2.53. The van der Waals surface area contributed by atoms with Crippen LogP contribution in [0, 0.1) is 6.92 Å². The fourth-order valence-corrected chi connectivity index (χ4v) is 5.35. The van der Waals surface area contributed by atoms with Gasteiger partial charge < -0.3 is 4.90 Å². The third kappa shape index (κ3) is 3.96. The maximum Gasteiger partial charge on any atom is 0.246 e. The van der Waals surface area contributed by atoms with Crippen molar-refractivity contribution in [2.24, 2.45) is 0 Å². The van der Waals surface area contributed by atoms with Crippen molar-refractivity contribution in [2.75, 3.05) is 26.7 Å². The van der Waals surface area contributed by atoms with Crippen LogP contribution in [-0.4, -0.2) is 65.1 Å². The number of benzene rings is 1. The Morgan fingerprint density at radius 1 is 1.07 bits per heavy atom. The van der Waals surface area contributed by atoms with E-state index in [0.717, 1.165) is 6.42 Å². The number of hydrogen-bond acceptors (Lipinski definition) is 5. The number of hydrogen-bond donors (Lipinski definition) is 0. The molecule has 0 aliphatic carbocycles. The first kappa shape index (κ1) is 19.8. The predicted molar refractivity (Wildman–Crippen MR) is 111 cm³/mol. The van der Waals surface area contributed by atoms with Crippen LogP contribution in [0.15, 0.2) is 65.8 Å². The summed E-state index contributed by atoms with van der Waals surface area (Å²) in [6.45, 7) is 3.40. The maximum atomic E-state index is 13.4. The van der Waals surface area contributed by atoms with Gasteiger partial charge in [-0.15, -0.1) is 0 Å². The van der Waals surface area contributed by atoms with Crippen LogP contribution in [0.4, 0.5) is 0 Å². The van der Waals surface area contributed by atoms with Crippen molar-refractivity contribution in [3.8, 4) is 5.82 Å². The Kier molecular flexibility index (Phi) is 5.49. The molecule has 1 saturated heterocycles. The molecule has 1 atom stereocenters. The molecule has 8 heteroatoms. The van der Waals surface area contributed by atoms with Crippen LogP contribution < -0.4 is 0 Å². The van der Waals surface area contributed by atoms with Gasteiger partial charge in [0.2, 0.25) is 10.0 Å². The largest absolute Gasteiger partial charge is 0.300 e. The molecule has 1 unspecified atom stereocenters. The van der Waals surface area contributed by atoms with E-state index in [1.54, 1.807) is 22.1 Å². The van der Waals surface area contributed by atoms with E-state index < -0.39 is 10.0 Å². The van der Waals surface area contributed by atoms with Crippen LogP contribution in [0.2, 0.25) is 0 Å². The van der Waals surface area contributed by atoms with Crippen LogP contribution in [0.3, 0.4) is 0 Å². The van der Waals surface area contributed by atoms with Crippen molar-refractivity contribution in [1.29, 1.82) is 0 Å². The molecule has 152 valence electrons. The van der Waals surface area contributed by atoms with Gasteiger partial charge in [-0.1, -0.05) is 36.4 Å². The molecule has 4 rings (SSSR count). The van der Waals surface area contributed by atoms with E-state index in [4.69, 9.17) is 0 Å². The lowest BCUT2D eigenvalue weighted by Gasteiger charge is -2.38. The lowest BCUT2D eigenvalue weighted by molar-refractivity contribution is 0.147. The fourth-order valence-electron chi connectivity index (χ4n) is 3.74. The van der Waals surface area contributed by atoms with Crippen LogP contribution >= 0.6 is 0 Å². The Morgan fingerprint density at radius 3 is 2.55 bits per heavy atom. The molecule has 0 bridgehead atoms. The minimum atomic E-state index is -3.63. The first-order valence-electron chi connectivity index (χ1n) is 9.67. The minimum Gasteiger partial charge on any atom is -0.300 e. The number of piperazine rings is 1. The standard InChI is InChI=1S/C21H25N5O2S/c1-17-20(15-23-26(17)21-10-6-7-11-22-21)29(27,28)25-13-12-24(2)19(16-25)14-18-8-4-3-5-9-18/h3-11,15,19H,12-14,16H2,1-2H3. The topological polar surface area (TPSA) is 71.3 Å². The van der Waals surface area contributed by atoms with Gasteiger partial charge >= 0.3 is 0 Å². The average Bonchev–Trinajstić information content (AvgIpc) is 3.13. The smallest absolute Gasteiger partial charge is 0.246 e. The Balaban J connectivity index is 1.58. The van der Waals surface area contributed by atoms with Crippen molar-refractivity contribution in [3.05, 3.63) is 72.2 Å². The molecule has 29 heavy (non-hydrogen) atoms. The van der Waals surface area contributed by atoms with Gasteiger partial charge in [-0.2, -0.15) is 9.40 Å². The zero-order valence-electron chi connectivity index (χ0n) is 16.6. The second kappa shape index (κ2) is 8.06. The molecule has 0 radical (unpaired) electrons. The number of rotatable bonds is 5. The normalized spacial score (nSPS) is 18.8. The third-order valence-electron chi connectivity index (χ3n) is 5.50. The summed E-state index contributed by atoms with van der Waals surface area (Å²) < 4.78 is 29.9. The number of likely N-dealkylation sites (N-methyl/N-ethyl adjacent to an activating group) is 1. The molecule has 0 amide bonds. The molecule has 1 aromatic carbocycles. The monoisotopic (exact) mass is 411 g/mol. The number of pyridine rings is 1. The summed E-state index contributed by atoms with van der Waals surface area (Å²) in [4.78, 5) is 6.75. The summed E-state index contributed by atoms with van der Waals surface area (Å²) in [6.07, 6.45) is 3.92. The highest BCUT2D eigenvalue weighted by Gasteiger charge is 2.34. The number of sulfonamides is 1. The van der Waals surface area contributed by atoms with E-state index in [-0.39, 0.29) is 10.9 Å². The maximum absolute atomic E-state index is 13.4. The third-order valence-corrected chi connectivity index (χ3v) is 7.47. The van der Waals surface area contributed by atoms with Crippen molar-refractivity contribution in [1.82, 2.24) is 24.0 Å². The van der Waals surface area contributed by atoms with E-state index in [2.05, 4.69) is 34.2 Å². The molecule has 3 aromatic rings. The van der Waals surface area contributed by atoms with Crippen LogP contribution in [0.1, 0.15) is 11.3 Å². The number of nitrogens with zero attached hydrogens (tertiary/aromatic N) is 5. The van der Waals surface area contributed by atoms with E-state index >= 15 is 0 Å². The molecule has 1 fully saturated rings. The summed E-state index contributed by atoms with van der Waals surface area (Å²) in [5.41, 5.74) is 1.78. The molecule has 2 aromatic heterocycles. The van der Waals surface area contributed by atoms with E-state index in [9.17, 15) is 8.42 Å². The quantitative estimate of drug-likeness (QED) is 0.643. The first-order valence-corrected chi connectivity index (χ1v) is 11.1. The lowest BCUT2D eigenvalue weighted by atomic mass is 10.0. The minimum absolute atomic E-state index is 0.132. The van der Waals surface area contributed by atoms with Crippen molar-refractivity contribution in [2.45, 2.75) is 24.3 Å². The highest BCUT2D eigenvalue weighted by atomic mass is 32.2. The summed E-state index contributed by atoms with van der Waals surface area (Å²) in [5.74, 6) is 0.604. The Labute approximate surface area is 171 Å². The molecule has 0 spiro atoms. The van der Waals surface area contributed by atoms with E-state index in [0.29, 0.717) is 31.1 Å². The van der Waals surface area contributed by atoms with Crippen LogP contribution in [0.5, 0.6) is 0 Å². The van der Waals surface area contributed by atoms with Gasteiger partial charge in [-0.05, 0) is 38.1 Å². The second-order valence-corrected chi connectivity index (χ2v) is 9.29. The average molecular weight is 412 g/mol. The SMILES string of the molecule is Cc1c(S(=O)(=O)N2CCN(C)C(Cc3ccccc3)C2)cnn1-c1ccccn1. The molecule has 0 saturated carbocycles. The Bertz CT molecular complexity index is 1070. The van der Waals surface area contributed by atoms with Gasteiger partial charge in [0.25, 0.3) is 0 Å². The van der Waals surface area contributed by atoms with Gasteiger partial charge in [0.1, 0.15) is 4.90 Å². The van der Waals surface area contributed by atoms with Crippen LogP contribution in [-0.2, 0) is 16.4 Å². The van der Waals surface area contributed by atoms with Crippen molar-refractivity contribution in [3.63, 3.8) is 0 Å². The summed E-state index contributed by atoms with van der Waals surface area (Å²) in [6, 6.07) is 15.8. The van der Waals surface area contributed by atoms with Gasteiger partial charge in [0, 0.05) is 31.9 Å². The highest BCUT2D eigenvalue weighted by Crippen LogP contribution is 2.24. The fraction of sp³-hybridized carbons (Fsp3) is 0.333. The molecule has 1 aliphatic heterocycles. The molecular formula is C21H25N5O2S. The molecule has 3 heterocycles. The first-order chi connectivity index (χ1) is 14.0. The van der Waals surface area contributed by atoms with Crippen molar-refractivity contribution < 1.29 is 8.42 Å². The van der Waals surface area contributed by atoms with Crippen molar-refractivity contribution >= 4 is 10.0 Å². The van der Waals surface area contributed by atoms with Crippen LogP contribution in [0.25, 0.3) is 5.82 Å². The zero-order chi connectivity index (χ0) is 20.4. The zero-order valence-corrected chi connectivity index (χ0v) is 17.5. The molecule has 7 nitrogen and oxygen atoms in total. The number of aromatic nitrogens is 3. The van der Waals surface area contributed by atoms with Gasteiger partial charge in [-0.25, -0.2) is 18.1 Å². The Morgan fingerprint density at radius 2 is 1.83 bits per heavy atom. The Hall–Kier alpha value is -2.55. The molecular weight excluding hydrogens is 386 g/mol. The van der Waals surface area contributed by atoms with E-state index in [1.165, 1.54) is 11.8 Å². The van der Waals surface area contributed by atoms with Gasteiger partial charge in [0.15, 0.2) is 5.82 Å². The molecule has 0 N–H and O–H groups in total. The second-order valence-electron chi connectivity index (χ2n) is 7.38. The van der Waals surface area contributed by atoms with Gasteiger partial charge in [0.05, 0.1) is 11.9 Å².